The molecular formula is C11H13N3O4. The Labute approximate surface area is 103 Å². The SMILES string of the molecule is O=C(O)NCCN=NC(=O)OCc1ccccc1. The molecule has 0 aliphatic rings. The first-order chi connectivity index (χ1) is 8.68. The topological polar surface area (TPSA) is 100 Å². The van der Waals surface area contributed by atoms with E-state index in [0.29, 0.717) is 0 Å². The Morgan fingerprint density at radius 3 is 2.67 bits per heavy atom. The summed E-state index contributed by atoms with van der Waals surface area (Å²) in [7, 11) is 0. The van der Waals surface area contributed by atoms with Crippen LogP contribution in [0.5, 0.6) is 0 Å². The third-order valence-corrected chi connectivity index (χ3v) is 1.85. The molecule has 7 nitrogen and oxygen atoms in total. The molecule has 0 unspecified atom stereocenters. The Balaban J connectivity index is 2.17. The van der Waals surface area contributed by atoms with Crippen LogP contribution in [-0.2, 0) is 11.3 Å². The van der Waals surface area contributed by atoms with Gasteiger partial charge in [-0.1, -0.05) is 35.4 Å². The molecule has 0 saturated heterocycles. The van der Waals surface area contributed by atoms with E-state index in [2.05, 4.69) is 15.5 Å². The zero-order chi connectivity index (χ0) is 13.2. The Morgan fingerprint density at radius 1 is 1.28 bits per heavy atom. The predicted octanol–water partition coefficient (Wildman–Crippen LogP) is 2.04. The van der Waals surface area contributed by atoms with Crippen LogP contribution in [0.4, 0.5) is 9.59 Å². The number of carbonyl (C=O) groups excluding carboxylic acids is 1. The molecule has 18 heavy (non-hydrogen) atoms. The van der Waals surface area contributed by atoms with E-state index in [1.165, 1.54) is 0 Å². The normalized spacial score (nSPS) is 10.2. The summed E-state index contributed by atoms with van der Waals surface area (Å²) in [6, 6.07) is 9.17. The van der Waals surface area contributed by atoms with Crippen molar-refractivity contribution in [1.29, 1.82) is 0 Å². The van der Waals surface area contributed by atoms with Crippen molar-refractivity contribution in [3.05, 3.63) is 35.9 Å². The maximum Gasteiger partial charge on any atom is 0.452 e. The maximum atomic E-state index is 11.1. The summed E-state index contributed by atoms with van der Waals surface area (Å²) in [4.78, 5) is 21.2. The molecule has 0 heterocycles. The van der Waals surface area contributed by atoms with Gasteiger partial charge in [0.05, 0.1) is 6.54 Å². The van der Waals surface area contributed by atoms with Gasteiger partial charge in [-0.15, -0.1) is 0 Å². The van der Waals surface area contributed by atoms with E-state index < -0.39 is 12.2 Å². The number of hydrogen-bond acceptors (Lipinski definition) is 4. The van der Waals surface area contributed by atoms with Crippen molar-refractivity contribution in [3.63, 3.8) is 0 Å². The summed E-state index contributed by atoms with van der Waals surface area (Å²) in [6.45, 7) is 0.323. The second-order valence-corrected chi connectivity index (χ2v) is 3.24. The van der Waals surface area contributed by atoms with E-state index in [1.807, 2.05) is 30.3 Å². The van der Waals surface area contributed by atoms with Crippen LogP contribution >= 0.6 is 0 Å². The number of rotatable bonds is 5. The number of amides is 2. The van der Waals surface area contributed by atoms with Gasteiger partial charge >= 0.3 is 12.2 Å². The van der Waals surface area contributed by atoms with E-state index >= 15 is 0 Å². The molecule has 0 bridgehead atoms. The van der Waals surface area contributed by atoms with Crippen LogP contribution in [0, 0.1) is 0 Å². The van der Waals surface area contributed by atoms with Gasteiger partial charge in [0.2, 0.25) is 0 Å². The standard InChI is InChI=1S/C11H13N3O4/c15-10(16)12-6-7-13-14-11(17)18-8-9-4-2-1-3-5-9/h1-5,12H,6-8H2,(H,15,16). The van der Waals surface area contributed by atoms with E-state index in [1.54, 1.807) is 0 Å². The zero-order valence-corrected chi connectivity index (χ0v) is 9.57. The van der Waals surface area contributed by atoms with E-state index in [0.717, 1.165) is 5.56 Å². The molecule has 1 aromatic rings. The van der Waals surface area contributed by atoms with Crippen molar-refractivity contribution in [2.75, 3.05) is 13.1 Å². The summed E-state index contributed by atoms with van der Waals surface area (Å²) in [5.74, 6) is 0. The van der Waals surface area contributed by atoms with Crippen LogP contribution < -0.4 is 5.32 Å². The summed E-state index contributed by atoms with van der Waals surface area (Å²) in [5, 5.41) is 17.1. The second kappa shape index (κ2) is 7.77. The average Bonchev–Trinajstić information content (AvgIpc) is 2.37. The molecular weight excluding hydrogens is 238 g/mol. The molecule has 7 heteroatoms. The molecule has 0 radical (unpaired) electrons. The van der Waals surface area contributed by atoms with Crippen molar-refractivity contribution in [3.8, 4) is 0 Å². The molecule has 96 valence electrons. The van der Waals surface area contributed by atoms with Crippen molar-refractivity contribution >= 4 is 12.2 Å². The smallest absolute Gasteiger partial charge is 0.452 e. The fraction of sp³-hybridized carbons (Fsp3) is 0.273. The van der Waals surface area contributed by atoms with Crippen molar-refractivity contribution in [2.45, 2.75) is 6.61 Å². The first-order valence-corrected chi connectivity index (χ1v) is 5.23. The monoisotopic (exact) mass is 251 g/mol. The molecule has 0 aliphatic heterocycles. The number of hydrogen-bond donors (Lipinski definition) is 2. The van der Waals surface area contributed by atoms with Gasteiger partial charge in [-0.25, -0.2) is 9.59 Å². The third-order valence-electron chi connectivity index (χ3n) is 1.85. The Morgan fingerprint density at radius 2 is 2.00 bits per heavy atom. The number of carbonyl (C=O) groups is 2. The van der Waals surface area contributed by atoms with Gasteiger partial charge in [0, 0.05) is 6.54 Å². The lowest BCUT2D eigenvalue weighted by Crippen LogP contribution is -2.23. The summed E-state index contributed by atoms with van der Waals surface area (Å²) in [6.07, 6.45) is -1.94. The molecule has 1 aromatic carbocycles. The number of carboxylic acid groups (broad SMARTS) is 1. The zero-order valence-electron chi connectivity index (χ0n) is 9.57. The lowest BCUT2D eigenvalue weighted by atomic mass is 10.2. The second-order valence-electron chi connectivity index (χ2n) is 3.24. The summed E-state index contributed by atoms with van der Waals surface area (Å²) < 4.78 is 4.82. The fourth-order valence-electron chi connectivity index (χ4n) is 1.07. The maximum absolute atomic E-state index is 11.1. The predicted molar refractivity (Wildman–Crippen MR) is 62.4 cm³/mol. The van der Waals surface area contributed by atoms with Crippen LogP contribution in [0.1, 0.15) is 5.56 Å². The Bertz CT molecular complexity index is 420. The number of ether oxygens (including phenoxy) is 1. The lowest BCUT2D eigenvalue weighted by Gasteiger charge is -2.00. The molecule has 2 N–H and O–H groups in total. The van der Waals surface area contributed by atoms with Gasteiger partial charge in [-0.05, 0) is 5.56 Å². The van der Waals surface area contributed by atoms with Gasteiger partial charge in [0.1, 0.15) is 6.61 Å². The average molecular weight is 251 g/mol. The van der Waals surface area contributed by atoms with Crippen LogP contribution in [0.25, 0.3) is 0 Å². The molecule has 0 saturated carbocycles. The number of benzene rings is 1. The van der Waals surface area contributed by atoms with Gasteiger partial charge in [-0.2, -0.15) is 5.11 Å². The highest BCUT2D eigenvalue weighted by Crippen LogP contribution is 2.01. The van der Waals surface area contributed by atoms with E-state index in [9.17, 15) is 9.59 Å². The minimum Gasteiger partial charge on any atom is -0.465 e. The summed E-state index contributed by atoms with van der Waals surface area (Å²) >= 11 is 0. The highest BCUT2D eigenvalue weighted by atomic mass is 16.5. The highest BCUT2D eigenvalue weighted by molar-refractivity contribution is 5.67. The summed E-state index contributed by atoms with van der Waals surface area (Å²) in [5.41, 5.74) is 0.855. The minimum absolute atomic E-state index is 0.0900. The van der Waals surface area contributed by atoms with Gasteiger partial charge in [-0.3, -0.25) is 0 Å². The van der Waals surface area contributed by atoms with Crippen LogP contribution in [0.15, 0.2) is 40.6 Å². The Kier molecular flexibility index (Phi) is 5.88. The number of azo groups is 1. The van der Waals surface area contributed by atoms with Gasteiger partial charge in [0.25, 0.3) is 0 Å². The van der Waals surface area contributed by atoms with Crippen LogP contribution in [0.2, 0.25) is 0 Å². The molecule has 0 aliphatic carbocycles. The Hall–Kier alpha value is -2.44. The highest BCUT2D eigenvalue weighted by Gasteiger charge is 2.00. The van der Waals surface area contributed by atoms with Crippen LogP contribution in [0.3, 0.4) is 0 Å². The van der Waals surface area contributed by atoms with Crippen molar-refractivity contribution in [2.24, 2.45) is 10.2 Å². The molecule has 0 fully saturated rings. The molecule has 0 spiro atoms. The largest absolute Gasteiger partial charge is 0.465 e. The first-order valence-electron chi connectivity index (χ1n) is 5.23. The van der Waals surface area contributed by atoms with E-state index in [4.69, 9.17) is 9.84 Å². The molecule has 1 rings (SSSR count). The number of nitrogens with zero attached hydrogens (tertiary/aromatic N) is 2. The molecule has 2 amide bonds. The first kappa shape index (κ1) is 13.6. The van der Waals surface area contributed by atoms with Crippen LogP contribution in [-0.4, -0.2) is 30.4 Å². The van der Waals surface area contributed by atoms with Gasteiger partial charge in [0.15, 0.2) is 0 Å². The lowest BCUT2D eigenvalue weighted by molar-refractivity contribution is 0.148. The molecule has 0 atom stereocenters. The van der Waals surface area contributed by atoms with Crippen molar-refractivity contribution < 1.29 is 19.4 Å². The quantitative estimate of drug-likeness (QED) is 0.617. The molecule has 0 aromatic heterocycles. The van der Waals surface area contributed by atoms with Crippen molar-refractivity contribution in [1.82, 2.24) is 5.32 Å². The number of nitrogens with one attached hydrogen (secondary N) is 1. The third kappa shape index (κ3) is 6.21. The minimum atomic E-state index is -1.14. The van der Waals surface area contributed by atoms with E-state index in [-0.39, 0.29) is 19.7 Å². The van der Waals surface area contributed by atoms with Gasteiger partial charge < -0.3 is 15.2 Å². The fourth-order valence-corrected chi connectivity index (χ4v) is 1.07.